The fraction of sp³-hybridized carbons (Fsp3) is 0.346. The summed E-state index contributed by atoms with van der Waals surface area (Å²) in [4.78, 5) is 9.93. The van der Waals surface area contributed by atoms with Crippen LogP contribution in [-0.2, 0) is 24.7 Å². The smallest absolute Gasteiger partial charge is 0.161 e. The lowest BCUT2D eigenvalue weighted by molar-refractivity contribution is 0.822. The second-order valence-corrected chi connectivity index (χ2v) is 9.12. The van der Waals surface area contributed by atoms with Crippen LogP contribution in [0.3, 0.4) is 0 Å². The van der Waals surface area contributed by atoms with Crippen molar-refractivity contribution in [1.82, 2.24) is 9.97 Å². The minimum atomic E-state index is 0.442. The van der Waals surface area contributed by atoms with Crippen LogP contribution in [0.5, 0.6) is 0 Å². The van der Waals surface area contributed by atoms with Crippen LogP contribution in [0.2, 0.25) is 0 Å². The lowest BCUT2D eigenvalue weighted by Gasteiger charge is -2.14. The first-order chi connectivity index (χ1) is 14.7. The van der Waals surface area contributed by atoms with Gasteiger partial charge in [-0.15, -0.1) is 0 Å². The lowest BCUT2D eigenvalue weighted by atomic mass is 10.0. The molecule has 1 aromatic heterocycles. The highest BCUT2D eigenvalue weighted by molar-refractivity contribution is 5.67. The summed E-state index contributed by atoms with van der Waals surface area (Å²) >= 11 is 0. The number of rotatable bonds is 5. The van der Waals surface area contributed by atoms with Gasteiger partial charge in [-0.25, -0.2) is 9.97 Å². The number of nitrogens with one attached hydrogen (secondary N) is 1. The van der Waals surface area contributed by atoms with Crippen molar-refractivity contribution >= 4 is 11.5 Å². The highest BCUT2D eigenvalue weighted by atomic mass is 15.0. The Labute approximate surface area is 177 Å². The van der Waals surface area contributed by atoms with Crippen LogP contribution in [0.4, 0.5) is 11.5 Å². The van der Waals surface area contributed by atoms with Gasteiger partial charge in [0.25, 0.3) is 0 Å². The molecular formula is C26H24N4. The van der Waals surface area contributed by atoms with Crippen LogP contribution in [0.15, 0.2) is 42.5 Å². The third kappa shape index (κ3) is 2.81. The number of aromatic nitrogens is 2. The summed E-state index contributed by atoms with van der Waals surface area (Å²) in [6.07, 6.45) is 6.33. The zero-order chi connectivity index (χ0) is 20.3. The zero-order valence-electron chi connectivity index (χ0n) is 17.2. The van der Waals surface area contributed by atoms with Gasteiger partial charge in [0.05, 0.1) is 12.5 Å². The van der Waals surface area contributed by atoms with Gasteiger partial charge in [0, 0.05) is 22.5 Å². The van der Waals surface area contributed by atoms with Crippen molar-refractivity contribution in [2.24, 2.45) is 5.92 Å². The van der Waals surface area contributed by atoms with E-state index in [1.165, 1.54) is 29.7 Å². The zero-order valence-corrected chi connectivity index (χ0v) is 17.2. The standard InChI is InChI=1S/C26H24N4/c1-16-12-21(9-8-17(16)10-11-27)28-25-22-6-3-7-23(22)29-24(30-25)18-4-2-5-19(13-18)26-14-20(26)15-26/h2,4-5,8-9,12-13,20H,3,6-7,10,14-15H2,1H3,(H,28,29,30). The third-order valence-corrected chi connectivity index (χ3v) is 7.19. The Morgan fingerprint density at radius 2 is 2.00 bits per heavy atom. The predicted octanol–water partition coefficient (Wildman–Crippen LogP) is 5.41. The number of anilines is 2. The molecule has 1 N–H and O–H groups in total. The average Bonchev–Trinajstić information content (AvgIpc) is 3.57. The molecule has 4 nitrogen and oxygen atoms in total. The average molecular weight is 393 g/mol. The Balaban J connectivity index is 1.36. The quantitative estimate of drug-likeness (QED) is 0.630. The summed E-state index contributed by atoms with van der Waals surface area (Å²) in [7, 11) is 0. The molecule has 2 saturated carbocycles. The van der Waals surface area contributed by atoms with Crippen LogP contribution in [0, 0.1) is 24.2 Å². The molecule has 0 saturated heterocycles. The van der Waals surface area contributed by atoms with Gasteiger partial charge in [-0.05, 0) is 85.3 Å². The molecule has 3 aromatic rings. The molecule has 0 radical (unpaired) electrons. The van der Waals surface area contributed by atoms with E-state index in [0.29, 0.717) is 11.8 Å². The van der Waals surface area contributed by atoms with Crippen molar-refractivity contribution in [2.45, 2.75) is 50.9 Å². The molecule has 1 heterocycles. The first-order valence-electron chi connectivity index (χ1n) is 10.9. The van der Waals surface area contributed by atoms with Gasteiger partial charge >= 0.3 is 0 Å². The van der Waals surface area contributed by atoms with Gasteiger partial charge in [0.2, 0.25) is 0 Å². The summed E-state index contributed by atoms with van der Waals surface area (Å²) < 4.78 is 0. The van der Waals surface area contributed by atoms with Crippen LogP contribution in [-0.4, -0.2) is 9.97 Å². The number of benzene rings is 2. The molecule has 2 fully saturated rings. The van der Waals surface area contributed by atoms with E-state index in [0.717, 1.165) is 59.2 Å². The topological polar surface area (TPSA) is 61.6 Å². The maximum Gasteiger partial charge on any atom is 0.161 e. The lowest BCUT2D eigenvalue weighted by Crippen LogP contribution is -2.04. The number of hydrogen-bond donors (Lipinski definition) is 1. The number of hydrogen-bond acceptors (Lipinski definition) is 4. The van der Waals surface area contributed by atoms with Crippen molar-refractivity contribution in [3.05, 3.63) is 70.4 Å². The van der Waals surface area contributed by atoms with Crippen molar-refractivity contribution in [3.8, 4) is 17.5 Å². The first-order valence-corrected chi connectivity index (χ1v) is 10.9. The molecule has 30 heavy (non-hydrogen) atoms. The second-order valence-electron chi connectivity index (χ2n) is 9.12. The fourth-order valence-corrected chi connectivity index (χ4v) is 5.00. The molecule has 2 aromatic carbocycles. The third-order valence-electron chi connectivity index (χ3n) is 7.19. The van der Waals surface area contributed by atoms with E-state index in [2.05, 4.69) is 48.6 Å². The van der Waals surface area contributed by atoms with Gasteiger partial charge in [-0.2, -0.15) is 5.26 Å². The van der Waals surface area contributed by atoms with E-state index in [1.54, 1.807) is 0 Å². The molecular weight excluding hydrogens is 368 g/mol. The SMILES string of the molecule is Cc1cc(Nc2nc(-c3cccc(C45CC4C5)c3)nc3c2CCC3)ccc1CC#N. The largest absolute Gasteiger partial charge is 0.340 e. The van der Waals surface area contributed by atoms with E-state index in [-0.39, 0.29) is 0 Å². The molecule has 0 atom stereocenters. The molecule has 3 aliphatic rings. The molecule has 4 heteroatoms. The maximum absolute atomic E-state index is 8.99. The van der Waals surface area contributed by atoms with Crippen LogP contribution in [0.1, 0.15) is 47.2 Å². The van der Waals surface area contributed by atoms with Crippen molar-refractivity contribution < 1.29 is 0 Å². The summed E-state index contributed by atoms with van der Waals surface area (Å²) in [5, 5.41) is 12.5. The first kappa shape index (κ1) is 17.7. The number of aryl methyl sites for hydroxylation is 2. The second kappa shape index (κ2) is 6.40. The Bertz CT molecular complexity index is 1210. The van der Waals surface area contributed by atoms with E-state index in [9.17, 15) is 0 Å². The molecule has 0 aliphatic heterocycles. The molecule has 0 unspecified atom stereocenters. The summed E-state index contributed by atoms with van der Waals surface area (Å²) in [5.41, 5.74) is 8.73. The van der Waals surface area contributed by atoms with Gasteiger partial charge in [-0.3, -0.25) is 0 Å². The summed E-state index contributed by atoms with van der Waals surface area (Å²) in [6, 6.07) is 17.3. The Kier molecular flexibility index (Phi) is 3.77. The van der Waals surface area contributed by atoms with E-state index in [1.807, 2.05) is 12.1 Å². The normalized spacial score (nSPS) is 22.7. The van der Waals surface area contributed by atoms with Crippen LogP contribution in [0.25, 0.3) is 11.4 Å². The van der Waals surface area contributed by atoms with Crippen LogP contribution < -0.4 is 5.32 Å². The monoisotopic (exact) mass is 392 g/mol. The molecule has 0 bridgehead atoms. The minimum Gasteiger partial charge on any atom is -0.340 e. The highest BCUT2D eigenvalue weighted by Gasteiger charge is 2.70. The Hall–Kier alpha value is -3.19. The molecule has 0 spiro atoms. The fourth-order valence-electron chi connectivity index (χ4n) is 5.00. The minimum absolute atomic E-state index is 0.442. The molecule has 3 aliphatic carbocycles. The molecule has 0 amide bonds. The summed E-state index contributed by atoms with van der Waals surface area (Å²) in [5.74, 6) is 2.68. The molecule has 6 rings (SSSR count). The van der Waals surface area contributed by atoms with Gasteiger partial charge in [0.1, 0.15) is 5.82 Å². The van der Waals surface area contributed by atoms with E-state index < -0.39 is 0 Å². The van der Waals surface area contributed by atoms with Crippen molar-refractivity contribution in [1.29, 1.82) is 5.26 Å². The maximum atomic E-state index is 8.99. The number of nitrogens with zero attached hydrogens (tertiary/aromatic N) is 3. The highest BCUT2D eigenvalue weighted by Crippen LogP contribution is 2.75. The van der Waals surface area contributed by atoms with E-state index in [4.69, 9.17) is 15.2 Å². The van der Waals surface area contributed by atoms with Crippen LogP contribution >= 0.6 is 0 Å². The molecule has 148 valence electrons. The van der Waals surface area contributed by atoms with Crippen molar-refractivity contribution in [3.63, 3.8) is 0 Å². The Morgan fingerprint density at radius 3 is 2.77 bits per heavy atom. The van der Waals surface area contributed by atoms with Gasteiger partial charge < -0.3 is 5.32 Å². The number of nitriles is 1. The van der Waals surface area contributed by atoms with Gasteiger partial charge in [-0.1, -0.05) is 24.3 Å². The van der Waals surface area contributed by atoms with E-state index >= 15 is 0 Å². The summed E-state index contributed by atoms with van der Waals surface area (Å²) in [6.45, 7) is 2.06. The van der Waals surface area contributed by atoms with Gasteiger partial charge in [0.15, 0.2) is 5.82 Å². The number of fused-ring (bicyclic) bond motifs is 2. The van der Waals surface area contributed by atoms with Crippen molar-refractivity contribution in [2.75, 3.05) is 5.32 Å². The predicted molar refractivity (Wildman–Crippen MR) is 118 cm³/mol. The Morgan fingerprint density at radius 1 is 1.13 bits per heavy atom.